The number of rotatable bonds is 4. The molecule has 0 saturated carbocycles. The Bertz CT molecular complexity index is 549. The summed E-state index contributed by atoms with van der Waals surface area (Å²) in [6.45, 7) is 5.05. The second-order valence-electron chi connectivity index (χ2n) is 5.35. The highest BCUT2D eigenvalue weighted by Gasteiger charge is 2.30. The lowest BCUT2D eigenvalue weighted by atomic mass is 10.1. The third kappa shape index (κ3) is 3.79. The van der Waals surface area contributed by atoms with E-state index in [0.29, 0.717) is 19.6 Å². The quantitative estimate of drug-likeness (QED) is 0.903. The molecule has 0 radical (unpaired) electrons. The van der Waals surface area contributed by atoms with Crippen molar-refractivity contribution < 1.29 is 13.2 Å². The van der Waals surface area contributed by atoms with E-state index in [1.165, 1.54) is 4.31 Å². The summed E-state index contributed by atoms with van der Waals surface area (Å²) in [5.74, 6) is 0.0142. The molecule has 1 aromatic carbocycles. The maximum Gasteiger partial charge on any atom is 0.218 e. The second-order valence-corrected chi connectivity index (χ2v) is 7.32. The molecule has 1 saturated heterocycles. The molecule has 2 N–H and O–H groups in total. The molecule has 20 heavy (non-hydrogen) atoms. The minimum atomic E-state index is -3.31. The number of hydrogen-bond donors (Lipinski definition) is 1. The fourth-order valence-electron chi connectivity index (χ4n) is 2.51. The average molecular weight is 298 g/mol. The van der Waals surface area contributed by atoms with E-state index in [9.17, 15) is 8.42 Å². The van der Waals surface area contributed by atoms with Crippen molar-refractivity contribution in [2.24, 2.45) is 5.73 Å². The summed E-state index contributed by atoms with van der Waals surface area (Å²) in [5, 5.41) is 0. The monoisotopic (exact) mass is 298 g/mol. The lowest BCUT2D eigenvalue weighted by Crippen LogP contribution is -2.48. The molecule has 0 aromatic heterocycles. The van der Waals surface area contributed by atoms with E-state index in [-0.39, 0.29) is 18.0 Å². The van der Waals surface area contributed by atoms with E-state index in [0.717, 1.165) is 11.1 Å². The van der Waals surface area contributed by atoms with E-state index in [4.69, 9.17) is 10.5 Å². The molecule has 112 valence electrons. The molecule has 5 nitrogen and oxygen atoms in total. The van der Waals surface area contributed by atoms with Crippen molar-refractivity contribution in [2.45, 2.75) is 38.4 Å². The first kappa shape index (κ1) is 15.4. The summed E-state index contributed by atoms with van der Waals surface area (Å²) in [5.41, 5.74) is 7.31. The third-order valence-corrected chi connectivity index (χ3v) is 5.14. The Morgan fingerprint density at radius 2 is 1.85 bits per heavy atom. The molecule has 0 aliphatic carbocycles. The van der Waals surface area contributed by atoms with Crippen LogP contribution in [0.2, 0.25) is 0 Å². The number of morpholine rings is 1. The zero-order valence-electron chi connectivity index (χ0n) is 12.0. The van der Waals surface area contributed by atoms with Crippen LogP contribution in [0.1, 0.15) is 25.0 Å². The van der Waals surface area contributed by atoms with Gasteiger partial charge in [-0.1, -0.05) is 24.3 Å². The summed E-state index contributed by atoms with van der Waals surface area (Å²) >= 11 is 0. The van der Waals surface area contributed by atoms with Gasteiger partial charge in [-0.05, 0) is 25.0 Å². The van der Waals surface area contributed by atoms with Gasteiger partial charge in [-0.2, -0.15) is 4.31 Å². The van der Waals surface area contributed by atoms with Crippen LogP contribution in [0, 0.1) is 0 Å². The van der Waals surface area contributed by atoms with Gasteiger partial charge in [0.2, 0.25) is 10.0 Å². The van der Waals surface area contributed by atoms with Crippen molar-refractivity contribution in [1.82, 2.24) is 4.31 Å². The summed E-state index contributed by atoms with van der Waals surface area (Å²) < 4.78 is 32.1. The Kier molecular flexibility index (Phi) is 4.80. The van der Waals surface area contributed by atoms with Crippen LogP contribution in [0.4, 0.5) is 0 Å². The predicted molar refractivity (Wildman–Crippen MR) is 78.5 cm³/mol. The topological polar surface area (TPSA) is 72.6 Å². The van der Waals surface area contributed by atoms with Crippen molar-refractivity contribution in [3.8, 4) is 0 Å². The maximum atomic E-state index is 12.5. The fraction of sp³-hybridized carbons (Fsp3) is 0.571. The molecule has 1 aromatic rings. The molecular formula is C14H22N2O3S. The Hall–Kier alpha value is -0.950. The number of benzene rings is 1. The molecular weight excluding hydrogens is 276 g/mol. The Labute approximate surface area is 120 Å². The van der Waals surface area contributed by atoms with Gasteiger partial charge in [0.15, 0.2) is 0 Å². The van der Waals surface area contributed by atoms with E-state index < -0.39 is 10.0 Å². The predicted octanol–water partition coefficient (Wildman–Crippen LogP) is 1.08. The molecule has 1 aliphatic heterocycles. The largest absolute Gasteiger partial charge is 0.373 e. The first-order chi connectivity index (χ1) is 9.40. The molecule has 0 bridgehead atoms. The van der Waals surface area contributed by atoms with Crippen LogP contribution in [0.25, 0.3) is 0 Å². The van der Waals surface area contributed by atoms with E-state index in [2.05, 4.69) is 0 Å². The zero-order chi connectivity index (χ0) is 14.8. The van der Waals surface area contributed by atoms with Gasteiger partial charge in [0.05, 0.1) is 18.0 Å². The average Bonchev–Trinajstić information content (AvgIpc) is 2.37. The van der Waals surface area contributed by atoms with Crippen LogP contribution in [-0.2, 0) is 27.1 Å². The Morgan fingerprint density at radius 3 is 2.45 bits per heavy atom. The summed E-state index contributed by atoms with van der Waals surface area (Å²) in [6.07, 6.45) is -0.132. The molecule has 6 heteroatoms. The van der Waals surface area contributed by atoms with Crippen LogP contribution < -0.4 is 5.73 Å². The zero-order valence-corrected chi connectivity index (χ0v) is 12.8. The van der Waals surface area contributed by atoms with Crippen molar-refractivity contribution >= 4 is 10.0 Å². The van der Waals surface area contributed by atoms with Gasteiger partial charge in [0.25, 0.3) is 0 Å². The van der Waals surface area contributed by atoms with Gasteiger partial charge >= 0.3 is 0 Å². The summed E-state index contributed by atoms with van der Waals surface area (Å²) in [7, 11) is -3.31. The first-order valence-corrected chi connectivity index (χ1v) is 8.43. The van der Waals surface area contributed by atoms with Crippen molar-refractivity contribution in [1.29, 1.82) is 0 Å². The van der Waals surface area contributed by atoms with Gasteiger partial charge in [-0.3, -0.25) is 0 Å². The molecule has 1 aliphatic rings. The first-order valence-electron chi connectivity index (χ1n) is 6.82. The molecule has 0 spiro atoms. The number of sulfonamides is 1. The fourth-order valence-corrected chi connectivity index (χ4v) is 4.16. The molecule has 2 atom stereocenters. The molecule has 1 heterocycles. The smallest absolute Gasteiger partial charge is 0.218 e. The van der Waals surface area contributed by atoms with Crippen molar-refractivity contribution in [2.75, 3.05) is 13.1 Å². The lowest BCUT2D eigenvalue weighted by Gasteiger charge is -2.34. The highest BCUT2D eigenvalue weighted by Crippen LogP contribution is 2.18. The highest BCUT2D eigenvalue weighted by atomic mass is 32.2. The van der Waals surface area contributed by atoms with Crippen LogP contribution >= 0.6 is 0 Å². The maximum absolute atomic E-state index is 12.5. The molecule has 1 fully saturated rings. The van der Waals surface area contributed by atoms with Crippen LogP contribution in [0.15, 0.2) is 24.3 Å². The van der Waals surface area contributed by atoms with E-state index in [1.807, 2.05) is 38.1 Å². The van der Waals surface area contributed by atoms with E-state index >= 15 is 0 Å². The number of hydrogen-bond acceptors (Lipinski definition) is 4. The SMILES string of the molecule is C[C@@H]1CN(S(=O)(=O)Cc2cccc(CN)c2)C[C@H](C)O1. The van der Waals surface area contributed by atoms with Crippen LogP contribution in [-0.4, -0.2) is 38.0 Å². The molecule has 0 unspecified atom stereocenters. The van der Waals surface area contributed by atoms with Crippen LogP contribution in [0.5, 0.6) is 0 Å². The van der Waals surface area contributed by atoms with Crippen molar-refractivity contribution in [3.05, 3.63) is 35.4 Å². The van der Waals surface area contributed by atoms with Gasteiger partial charge in [-0.15, -0.1) is 0 Å². The Balaban J connectivity index is 2.14. The standard InChI is InChI=1S/C14H22N2O3S/c1-11-8-16(9-12(2)19-11)20(17,18)10-14-5-3-4-13(6-14)7-15/h3-6,11-12H,7-10,15H2,1-2H3/t11-,12+. The summed E-state index contributed by atoms with van der Waals surface area (Å²) in [4.78, 5) is 0. The van der Waals surface area contributed by atoms with Gasteiger partial charge in [0, 0.05) is 19.6 Å². The highest BCUT2D eigenvalue weighted by molar-refractivity contribution is 7.88. The minimum absolute atomic E-state index is 0.0142. The third-order valence-electron chi connectivity index (χ3n) is 3.36. The van der Waals surface area contributed by atoms with Gasteiger partial charge < -0.3 is 10.5 Å². The molecule has 2 rings (SSSR count). The normalized spacial score (nSPS) is 24.8. The summed E-state index contributed by atoms with van der Waals surface area (Å²) in [6, 6.07) is 7.42. The van der Waals surface area contributed by atoms with Gasteiger partial charge in [-0.25, -0.2) is 8.42 Å². The Morgan fingerprint density at radius 1 is 1.25 bits per heavy atom. The number of nitrogens with zero attached hydrogens (tertiary/aromatic N) is 1. The van der Waals surface area contributed by atoms with E-state index in [1.54, 1.807) is 0 Å². The lowest BCUT2D eigenvalue weighted by molar-refractivity contribution is -0.0441. The second kappa shape index (κ2) is 6.22. The van der Waals surface area contributed by atoms with Gasteiger partial charge in [0.1, 0.15) is 0 Å². The van der Waals surface area contributed by atoms with Crippen molar-refractivity contribution in [3.63, 3.8) is 0 Å². The molecule has 0 amide bonds. The number of nitrogens with two attached hydrogens (primary N) is 1. The van der Waals surface area contributed by atoms with Crippen LogP contribution in [0.3, 0.4) is 0 Å². The minimum Gasteiger partial charge on any atom is -0.373 e. The number of ether oxygens (including phenoxy) is 1.